The van der Waals surface area contributed by atoms with E-state index in [2.05, 4.69) is 54.4 Å². The third kappa shape index (κ3) is 2.74. The van der Waals surface area contributed by atoms with E-state index >= 15 is 0 Å². The number of rotatable bonds is 1. The largest absolute Gasteiger partial charge is 0.334 e. The first-order chi connectivity index (χ1) is 9.88. The van der Waals surface area contributed by atoms with Gasteiger partial charge < -0.3 is 9.88 Å². The third-order valence-corrected chi connectivity index (χ3v) is 5.12. The summed E-state index contributed by atoms with van der Waals surface area (Å²) in [4.78, 5) is 10.0. The maximum Gasteiger partial charge on any atom is 0.105 e. The number of nitrogens with one attached hydrogen (secondary N) is 1. The lowest BCUT2D eigenvalue weighted by Crippen LogP contribution is -2.55. The van der Waals surface area contributed by atoms with Crippen molar-refractivity contribution in [1.82, 2.24) is 24.7 Å². The first kappa shape index (κ1) is 15.0. The van der Waals surface area contributed by atoms with E-state index in [4.69, 9.17) is 4.98 Å². The molecular formula is C16H29N5. The molecule has 1 unspecified atom stereocenters. The number of hydrogen-bond donors (Lipinski definition) is 1. The minimum atomic E-state index is 0.281. The molecule has 0 aromatic carbocycles. The first-order valence-electron chi connectivity index (χ1n) is 8.10. The predicted octanol–water partition coefficient (Wildman–Crippen LogP) is 1.29. The Morgan fingerprint density at radius 2 is 1.81 bits per heavy atom. The minimum Gasteiger partial charge on any atom is -0.334 e. The monoisotopic (exact) mass is 291 g/mol. The fourth-order valence-corrected chi connectivity index (χ4v) is 3.59. The number of imidazole rings is 1. The molecule has 2 aliphatic rings. The van der Waals surface area contributed by atoms with Gasteiger partial charge in [-0.3, -0.25) is 9.80 Å². The Balaban J connectivity index is 1.74. The summed E-state index contributed by atoms with van der Waals surface area (Å²) in [5.74, 6) is 1.13. The van der Waals surface area contributed by atoms with E-state index in [0.717, 1.165) is 45.1 Å². The molecule has 3 heterocycles. The van der Waals surface area contributed by atoms with Gasteiger partial charge in [-0.2, -0.15) is 0 Å². The Labute approximate surface area is 128 Å². The van der Waals surface area contributed by atoms with Crippen LogP contribution in [0.25, 0.3) is 0 Å². The predicted molar refractivity (Wildman–Crippen MR) is 85.3 cm³/mol. The highest BCUT2D eigenvalue weighted by Gasteiger charge is 2.33. The van der Waals surface area contributed by atoms with Crippen molar-refractivity contribution in [1.29, 1.82) is 0 Å². The molecule has 0 bridgehead atoms. The van der Waals surface area contributed by atoms with Gasteiger partial charge in [0.1, 0.15) is 5.82 Å². The molecule has 5 nitrogen and oxygen atoms in total. The van der Waals surface area contributed by atoms with E-state index in [0.29, 0.717) is 6.04 Å². The first-order valence-corrected chi connectivity index (χ1v) is 8.10. The number of aryl methyl sites for hydroxylation is 1. The van der Waals surface area contributed by atoms with Crippen molar-refractivity contribution in [3.8, 4) is 0 Å². The molecular weight excluding hydrogens is 262 g/mol. The molecule has 1 saturated heterocycles. The number of aromatic nitrogens is 2. The van der Waals surface area contributed by atoms with Crippen LogP contribution in [0.15, 0.2) is 0 Å². The van der Waals surface area contributed by atoms with Crippen LogP contribution >= 0.6 is 0 Å². The molecule has 1 aromatic heterocycles. The Morgan fingerprint density at radius 1 is 1.14 bits per heavy atom. The highest BCUT2D eigenvalue weighted by atomic mass is 15.3. The second kappa shape index (κ2) is 5.38. The Bertz CT molecular complexity index is 505. The highest BCUT2D eigenvalue weighted by Crippen LogP contribution is 2.28. The third-order valence-electron chi connectivity index (χ3n) is 5.12. The van der Waals surface area contributed by atoms with Crippen LogP contribution in [0.4, 0.5) is 0 Å². The fraction of sp³-hybridized carbons (Fsp3) is 0.812. The zero-order valence-corrected chi connectivity index (χ0v) is 14.1. The van der Waals surface area contributed by atoms with Gasteiger partial charge >= 0.3 is 0 Å². The molecule has 1 fully saturated rings. The summed E-state index contributed by atoms with van der Waals surface area (Å²) in [6, 6.07) is 0.441. The lowest BCUT2D eigenvalue weighted by molar-refractivity contribution is 0.0389. The smallest absolute Gasteiger partial charge is 0.105 e. The molecule has 1 N–H and O–H groups in total. The van der Waals surface area contributed by atoms with Gasteiger partial charge in [0, 0.05) is 51.9 Å². The van der Waals surface area contributed by atoms with Crippen molar-refractivity contribution in [3.05, 3.63) is 17.2 Å². The molecule has 118 valence electrons. The highest BCUT2D eigenvalue weighted by molar-refractivity contribution is 5.23. The lowest BCUT2D eigenvalue weighted by Gasteiger charge is -2.45. The van der Waals surface area contributed by atoms with Crippen molar-refractivity contribution >= 4 is 0 Å². The van der Waals surface area contributed by atoms with Crippen LogP contribution in [-0.4, -0.2) is 57.6 Å². The molecule has 1 aromatic rings. The number of nitrogens with zero attached hydrogens (tertiary/aromatic N) is 4. The van der Waals surface area contributed by atoms with Crippen molar-refractivity contribution < 1.29 is 0 Å². The summed E-state index contributed by atoms with van der Waals surface area (Å²) in [5.41, 5.74) is 2.95. The van der Waals surface area contributed by atoms with Crippen LogP contribution in [0, 0.1) is 6.92 Å². The van der Waals surface area contributed by atoms with Gasteiger partial charge in [0.05, 0.1) is 17.4 Å². The zero-order chi connectivity index (χ0) is 15.2. The van der Waals surface area contributed by atoms with Crippen molar-refractivity contribution in [2.45, 2.75) is 45.8 Å². The summed E-state index contributed by atoms with van der Waals surface area (Å²) in [5, 5.41) is 3.57. The lowest BCUT2D eigenvalue weighted by atomic mass is 10.0. The SMILES string of the molecule is Cc1nc2c(n1C)CNCC2N1CCN(C(C)(C)C)CC1. The average Bonchev–Trinajstić information content (AvgIpc) is 2.74. The van der Waals surface area contributed by atoms with Crippen molar-refractivity contribution in [3.63, 3.8) is 0 Å². The van der Waals surface area contributed by atoms with Crippen molar-refractivity contribution in [2.24, 2.45) is 7.05 Å². The van der Waals surface area contributed by atoms with Gasteiger partial charge in [0.15, 0.2) is 0 Å². The molecule has 21 heavy (non-hydrogen) atoms. The molecule has 0 saturated carbocycles. The molecule has 3 rings (SSSR count). The molecule has 0 amide bonds. The number of fused-ring (bicyclic) bond motifs is 1. The quantitative estimate of drug-likeness (QED) is 0.846. The summed E-state index contributed by atoms with van der Waals surface area (Å²) in [6.45, 7) is 15.6. The topological polar surface area (TPSA) is 36.3 Å². The molecule has 1 atom stereocenters. The Kier molecular flexibility index (Phi) is 3.84. The van der Waals surface area contributed by atoms with E-state index in [1.807, 2.05) is 0 Å². The van der Waals surface area contributed by atoms with Crippen LogP contribution in [-0.2, 0) is 13.6 Å². The van der Waals surface area contributed by atoms with Gasteiger partial charge in [-0.05, 0) is 27.7 Å². The van der Waals surface area contributed by atoms with E-state index < -0.39 is 0 Å². The van der Waals surface area contributed by atoms with Crippen LogP contribution in [0.1, 0.15) is 44.0 Å². The second-order valence-corrected chi connectivity index (χ2v) is 7.39. The standard InChI is InChI=1S/C16H29N5/c1-12-18-15-13(19(12)5)10-17-11-14(15)20-6-8-21(9-7-20)16(2,3)4/h14,17H,6-11H2,1-5H3. The van der Waals surface area contributed by atoms with Gasteiger partial charge in [0.25, 0.3) is 0 Å². The normalized spacial score (nSPS) is 25.1. The summed E-state index contributed by atoms with van der Waals surface area (Å²) >= 11 is 0. The van der Waals surface area contributed by atoms with Gasteiger partial charge in [-0.1, -0.05) is 0 Å². The van der Waals surface area contributed by atoms with Gasteiger partial charge in [0.2, 0.25) is 0 Å². The van der Waals surface area contributed by atoms with E-state index in [9.17, 15) is 0 Å². The van der Waals surface area contributed by atoms with E-state index in [1.54, 1.807) is 0 Å². The van der Waals surface area contributed by atoms with Crippen LogP contribution in [0.3, 0.4) is 0 Å². The summed E-state index contributed by atoms with van der Waals surface area (Å²) < 4.78 is 2.24. The molecule has 0 spiro atoms. The van der Waals surface area contributed by atoms with Crippen LogP contribution < -0.4 is 5.32 Å². The van der Waals surface area contributed by atoms with Crippen LogP contribution in [0.5, 0.6) is 0 Å². The minimum absolute atomic E-state index is 0.281. The van der Waals surface area contributed by atoms with E-state index in [-0.39, 0.29) is 5.54 Å². The maximum absolute atomic E-state index is 4.84. The summed E-state index contributed by atoms with van der Waals surface area (Å²) in [6.07, 6.45) is 0. The van der Waals surface area contributed by atoms with E-state index in [1.165, 1.54) is 11.4 Å². The Morgan fingerprint density at radius 3 is 2.43 bits per heavy atom. The fourth-order valence-electron chi connectivity index (χ4n) is 3.59. The number of hydrogen-bond acceptors (Lipinski definition) is 4. The molecule has 2 aliphatic heterocycles. The molecule has 5 heteroatoms. The maximum atomic E-state index is 4.84. The average molecular weight is 291 g/mol. The van der Waals surface area contributed by atoms with Gasteiger partial charge in [-0.25, -0.2) is 4.98 Å². The molecule has 0 radical (unpaired) electrons. The van der Waals surface area contributed by atoms with Crippen molar-refractivity contribution in [2.75, 3.05) is 32.7 Å². The molecule has 0 aliphatic carbocycles. The second-order valence-electron chi connectivity index (χ2n) is 7.39. The Hall–Kier alpha value is -0.910. The summed E-state index contributed by atoms with van der Waals surface area (Å²) in [7, 11) is 2.13. The van der Waals surface area contributed by atoms with Crippen LogP contribution in [0.2, 0.25) is 0 Å². The zero-order valence-electron chi connectivity index (χ0n) is 14.1. The number of piperazine rings is 1. The van der Waals surface area contributed by atoms with Gasteiger partial charge in [-0.15, -0.1) is 0 Å².